The molecular formula is C16H12FN3O3S. The largest absolute Gasteiger partial charge is 0.419 e. The molecule has 3 aromatic rings. The molecule has 0 unspecified atom stereocenters. The number of rotatable bonds is 5. The highest BCUT2D eigenvalue weighted by atomic mass is 32.2. The number of thioether (sulfide) groups is 1. The first-order chi connectivity index (χ1) is 11.5. The second-order valence-corrected chi connectivity index (χ2v) is 6.38. The van der Waals surface area contributed by atoms with Crippen LogP contribution in [0, 0.1) is 15.9 Å². The second kappa shape index (κ2) is 6.79. The fourth-order valence-electron chi connectivity index (χ4n) is 2.01. The number of hydrogen-bond acceptors (Lipinski definition) is 6. The van der Waals surface area contributed by atoms with E-state index in [1.54, 1.807) is 24.3 Å². The van der Waals surface area contributed by atoms with Crippen LogP contribution >= 0.6 is 11.8 Å². The Morgan fingerprint density at radius 1 is 1.12 bits per heavy atom. The molecule has 0 N–H and O–H groups in total. The van der Waals surface area contributed by atoms with E-state index in [0.717, 1.165) is 4.90 Å². The van der Waals surface area contributed by atoms with Gasteiger partial charge in [0.1, 0.15) is 5.82 Å². The standard InChI is InChI=1S/C16H12FN3O3S/c1-10(24-14-8-4-12(17)5-9-14)15-18-19-16(23-15)11-2-6-13(7-3-11)20(21)22/h2-10H,1H3/t10-/m0/s1. The van der Waals surface area contributed by atoms with Crippen molar-refractivity contribution in [3.8, 4) is 11.5 Å². The predicted molar refractivity (Wildman–Crippen MR) is 87.1 cm³/mol. The van der Waals surface area contributed by atoms with Crippen LogP contribution in [-0.2, 0) is 0 Å². The van der Waals surface area contributed by atoms with Crippen molar-refractivity contribution in [2.45, 2.75) is 17.1 Å². The molecular weight excluding hydrogens is 333 g/mol. The zero-order valence-corrected chi connectivity index (χ0v) is 13.4. The lowest BCUT2D eigenvalue weighted by atomic mass is 10.2. The molecule has 24 heavy (non-hydrogen) atoms. The Morgan fingerprint density at radius 3 is 2.42 bits per heavy atom. The summed E-state index contributed by atoms with van der Waals surface area (Å²) < 4.78 is 18.6. The smallest absolute Gasteiger partial charge is 0.269 e. The van der Waals surface area contributed by atoms with Crippen molar-refractivity contribution < 1.29 is 13.7 Å². The van der Waals surface area contributed by atoms with E-state index in [1.165, 1.54) is 36.0 Å². The van der Waals surface area contributed by atoms with Gasteiger partial charge in [-0.05, 0) is 43.3 Å². The highest BCUT2D eigenvalue weighted by Crippen LogP contribution is 2.35. The third-order valence-corrected chi connectivity index (χ3v) is 4.34. The highest BCUT2D eigenvalue weighted by molar-refractivity contribution is 7.99. The molecule has 0 aliphatic rings. The molecule has 3 rings (SSSR count). The fraction of sp³-hybridized carbons (Fsp3) is 0.125. The van der Waals surface area contributed by atoms with Gasteiger partial charge >= 0.3 is 0 Å². The number of hydrogen-bond donors (Lipinski definition) is 0. The Hall–Kier alpha value is -2.74. The second-order valence-electron chi connectivity index (χ2n) is 4.96. The van der Waals surface area contributed by atoms with Crippen molar-refractivity contribution in [1.82, 2.24) is 10.2 Å². The van der Waals surface area contributed by atoms with Crippen molar-refractivity contribution in [3.05, 3.63) is 70.4 Å². The molecule has 122 valence electrons. The third kappa shape index (κ3) is 3.60. The molecule has 0 bridgehead atoms. The summed E-state index contributed by atoms with van der Waals surface area (Å²) in [7, 11) is 0. The Labute approximate surface area is 140 Å². The Balaban J connectivity index is 1.74. The van der Waals surface area contributed by atoms with Crippen LogP contribution in [0.3, 0.4) is 0 Å². The summed E-state index contributed by atoms with van der Waals surface area (Å²) in [5.74, 6) is 0.439. The van der Waals surface area contributed by atoms with E-state index >= 15 is 0 Å². The topological polar surface area (TPSA) is 82.1 Å². The van der Waals surface area contributed by atoms with Gasteiger partial charge in [0.2, 0.25) is 11.8 Å². The van der Waals surface area contributed by atoms with Crippen molar-refractivity contribution in [3.63, 3.8) is 0 Å². The number of benzene rings is 2. The van der Waals surface area contributed by atoms with Crippen molar-refractivity contribution in [2.75, 3.05) is 0 Å². The van der Waals surface area contributed by atoms with Gasteiger partial charge in [-0.1, -0.05) is 0 Å². The first kappa shape index (κ1) is 16.1. The summed E-state index contributed by atoms with van der Waals surface area (Å²) in [5, 5.41) is 18.5. The first-order valence-electron chi connectivity index (χ1n) is 7.03. The summed E-state index contributed by atoms with van der Waals surface area (Å²) in [6.07, 6.45) is 0. The highest BCUT2D eigenvalue weighted by Gasteiger charge is 2.17. The number of halogens is 1. The van der Waals surface area contributed by atoms with E-state index in [2.05, 4.69) is 10.2 Å². The van der Waals surface area contributed by atoms with Crippen LogP contribution < -0.4 is 0 Å². The Morgan fingerprint density at radius 2 is 1.79 bits per heavy atom. The van der Waals surface area contributed by atoms with Gasteiger partial charge in [0.15, 0.2) is 0 Å². The van der Waals surface area contributed by atoms with Crippen LogP contribution in [0.2, 0.25) is 0 Å². The van der Waals surface area contributed by atoms with Gasteiger partial charge in [-0.2, -0.15) is 0 Å². The predicted octanol–water partition coefficient (Wildman–Crippen LogP) is 4.64. The molecule has 0 aliphatic heterocycles. The maximum absolute atomic E-state index is 12.9. The van der Waals surface area contributed by atoms with E-state index in [-0.39, 0.29) is 16.8 Å². The van der Waals surface area contributed by atoms with Gasteiger partial charge < -0.3 is 4.42 Å². The molecule has 0 aliphatic carbocycles. The van der Waals surface area contributed by atoms with Crippen LogP contribution in [0.15, 0.2) is 57.8 Å². The summed E-state index contributed by atoms with van der Waals surface area (Å²) in [6, 6.07) is 12.1. The Kier molecular flexibility index (Phi) is 4.57. The average molecular weight is 345 g/mol. The maximum atomic E-state index is 12.9. The van der Waals surface area contributed by atoms with Crippen LogP contribution in [0.4, 0.5) is 10.1 Å². The molecule has 1 heterocycles. The van der Waals surface area contributed by atoms with Gasteiger partial charge in [0, 0.05) is 22.6 Å². The molecule has 6 nitrogen and oxygen atoms in total. The lowest BCUT2D eigenvalue weighted by Gasteiger charge is -2.06. The van der Waals surface area contributed by atoms with E-state index in [0.29, 0.717) is 17.3 Å². The van der Waals surface area contributed by atoms with Gasteiger partial charge in [0.05, 0.1) is 10.2 Å². The first-order valence-corrected chi connectivity index (χ1v) is 7.91. The van der Waals surface area contributed by atoms with Gasteiger partial charge in [-0.3, -0.25) is 10.1 Å². The molecule has 0 fully saturated rings. The van der Waals surface area contributed by atoms with Gasteiger partial charge in [0.25, 0.3) is 5.69 Å². The van der Waals surface area contributed by atoms with Crippen LogP contribution in [0.1, 0.15) is 18.1 Å². The SMILES string of the molecule is C[C@H](Sc1ccc(F)cc1)c1nnc(-c2ccc([N+](=O)[O-])cc2)o1. The van der Waals surface area contributed by atoms with E-state index in [9.17, 15) is 14.5 Å². The summed E-state index contributed by atoms with van der Waals surface area (Å²) in [6.45, 7) is 1.90. The molecule has 0 saturated heterocycles. The molecule has 0 amide bonds. The number of aromatic nitrogens is 2. The molecule has 0 spiro atoms. The summed E-state index contributed by atoms with van der Waals surface area (Å²) >= 11 is 1.47. The average Bonchev–Trinajstić information content (AvgIpc) is 3.07. The number of non-ortho nitro benzene ring substituents is 1. The van der Waals surface area contributed by atoms with E-state index < -0.39 is 4.92 Å². The van der Waals surface area contributed by atoms with E-state index in [1.807, 2.05) is 6.92 Å². The van der Waals surface area contributed by atoms with Gasteiger partial charge in [-0.15, -0.1) is 22.0 Å². The van der Waals surface area contributed by atoms with E-state index in [4.69, 9.17) is 4.42 Å². The molecule has 1 atom stereocenters. The number of nitro benzene ring substituents is 1. The minimum Gasteiger partial charge on any atom is -0.419 e. The quantitative estimate of drug-likeness (QED) is 0.381. The monoisotopic (exact) mass is 345 g/mol. The number of nitro groups is 1. The molecule has 0 radical (unpaired) electrons. The lowest BCUT2D eigenvalue weighted by Crippen LogP contribution is -1.88. The minimum absolute atomic E-state index is 0.00118. The molecule has 2 aromatic carbocycles. The van der Waals surface area contributed by atoms with Crippen LogP contribution in [-0.4, -0.2) is 15.1 Å². The number of nitrogens with zero attached hydrogens (tertiary/aromatic N) is 3. The van der Waals surface area contributed by atoms with Crippen LogP contribution in [0.5, 0.6) is 0 Å². The van der Waals surface area contributed by atoms with Crippen LogP contribution in [0.25, 0.3) is 11.5 Å². The van der Waals surface area contributed by atoms with Crippen molar-refractivity contribution in [1.29, 1.82) is 0 Å². The zero-order chi connectivity index (χ0) is 17.1. The minimum atomic E-state index is -0.468. The van der Waals surface area contributed by atoms with Gasteiger partial charge in [-0.25, -0.2) is 4.39 Å². The third-order valence-electron chi connectivity index (χ3n) is 3.24. The van der Waals surface area contributed by atoms with Crippen molar-refractivity contribution in [2.24, 2.45) is 0 Å². The van der Waals surface area contributed by atoms with Crippen molar-refractivity contribution >= 4 is 17.4 Å². The normalized spacial score (nSPS) is 12.1. The summed E-state index contributed by atoms with van der Waals surface area (Å²) in [4.78, 5) is 11.1. The molecule has 8 heteroatoms. The fourth-order valence-corrected chi connectivity index (χ4v) is 2.91. The Bertz CT molecular complexity index is 850. The molecule has 0 saturated carbocycles. The molecule has 1 aromatic heterocycles. The zero-order valence-electron chi connectivity index (χ0n) is 12.5. The summed E-state index contributed by atoms with van der Waals surface area (Å²) in [5.41, 5.74) is 0.608. The maximum Gasteiger partial charge on any atom is 0.269 e. The lowest BCUT2D eigenvalue weighted by molar-refractivity contribution is -0.384.